The molecule has 0 unspecified atom stereocenters. The van der Waals surface area contributed by atoms with Crippen LogP contribution in [0, 0.1) is 29.8 Å². The summed E-state index contributed by atoms with van der Waals surface area (Å²) in [6.45, 7) is 3.52. The van der Waals surface area contributed by atoms with Crippen LogP contribution in [-0.4, -0.2) is 20.6 Å². The standard InChI is InChI=1S/C17H14BrFN4O3S/c1-9-16(23(25)26)10(2)22(21-9)7-11-5-15(27-8-11)17(24)20-14-4-3-12(18)6-13(14)19/h3-6,8H,7H2,1-2H3,(H,20,24). The number of nitrogens with one attached hydrogen (secondary N) is 1. The molecule has 2 heterocycles. The number of carbonyl (C=O) groups is 1. The van der Waals surface area contributed by atoms with Crippen molar-refractivity contribution in [3.05, 3.63) is 71.9 Å². The molecule has 0 aliphatic heterocycles. The Balaban J connectivity index is 1.76. The molecule has 0 aliphatic carbocycles. The lowest BCUT2D eigenvalue weighted by Gasteiger charge is -2.05. The summed E-state index contributed by atoms with van der Waals surface area (Å²) in [4.78, 5) is 23.4. The van der Waals surface area contributed by atoms with E-state index >= 15 is 0 Å². The molecule has 3 rings (SSSR count). The van der Waals surface area contributed by atoms with Crippen LogP contribution in [0.4, 0.5) is 15.8 Å². The number of hydrogen-bond donors (Lipinski definition) is 1. The lowest BCUT2D eigenvalue weighted by Crippen LogP contribution is -2.11. The Morgan fingerprint density at radius 1 is 1.41 bits per heavy atom. The number of halogens is 2. The summed E-state index contributed by atoms with van der Waals surface area (Å²) >= 11 is 4.37. The van der Waals surface area contributed by atoms with Crippen molar-refractivity contribution in [2.45, 2.75) is 20.4 Å². The van der Waals surface area contributed by atoms with Crippen LogP contribution < -0.4 is 5.32 Å². The van der Waals surface area contributed by atoms with E-state index in [1.165, 1.54) is 28.2 Å². The van der Waals surface area contributed by atoms with Gasteiger partial charge in [-0.3, -0.25) is 19.6 Å². The third-order valence-electron chi connectivity index (χ3n) is 3.92. The number of aromatic nitrogens is 2. The number of amides is 1. The second-order valence-electron chi connectivity index (χ2n) is 5.83. The fourth-order valence-corrected chi connectivity index (χ4v) is 3.76. The van der Waals surface area contributed by atoms with Gasteiger partial charge < -0.3 is 5.32 Å². The fourth-order valence-electron chi connectivity index (χ4n) is 2.63. The van der Waals surface area contributed by atoms with E-state index in [0.717, 1.165) is 5.56 Å². The van der Waals surface area contributed by atoms with Crippen molar-refractivity contribution in [3.63, 3.8) is 0 Å². The lowest BCUT2D eigenvalue weighted by atomic mass is 10.2. The van der Waals surface area contributed by atoms with Gasteiger partial charge in [0.2, 0.25) is 0 Å². The van der Waals surface area contributed by atoms with Crippen LogP contribution >= 0.6 is 27.3 Å². The fraction of sp³-hybridized carbons (Fsp3) is 0.176. The van der Waals surface area contributed by atoms with Gasteiger partial charge in [0.15, 0.2) is 0 Å². The number of anilines is 1. The highest BCUT2D eigenvalue weighted by Crippen LogP contribution is 2.25. The molecule has 27 heavy (non-hydrogen) atoms. The summed E-state index contributed by atoms with van der Waals surface area (Å²) in [6, 6.07) is 6.04. The molecule has 0 atom stereocenters. The zero-order valence-corrected chi connectivity index (χ0v) is 16.7. The highest BCUT2D eigenvalue weighted by molar-refractivity contribution is 9.10. The van der Waals surface area contributed by atoms with Crippen molar-refractivity contribution in [2.75, 3.05) is 5.32 Å². The molecule has 2 aromatic heterocycles. The van der Waals surface area contributed by atoms with E-state index in [2.05, 4.69) is 26.3 Å². The molecule has 10 heteroatoms. The van der Waals surface area contributed by atoms with Gasteiger partial charge in [0.25, 0.3) is 5.91 Å². The van der Waals surface area contributed by atoms with E-state index in [-0.39, 0.29) is 11.4 Å². The van der Waals surface area contributed by atoms with E-state index in [0.29, 0.717) is 27.3 Å². The molecule has 1 amide bonds. The number of carbonyl (C=O) groups excluding carboxylic acids is 1. The maximum absolute atomic E-state index is 13.9. The second kappa shape index (κ2) is 7.57. The highest BCUT2D eigenvalue weighted by atomic mass is 79.9. The molecule has 0 bridgehead atoms. The predicted molar refractivity (Wildman–Crippen MR) is 104 cm³/mol. The van der Waals surface area contributed by atoms with Gasteiger partial charge in [0.1, 0.15) is 17.2 Å². The van der Waals surface area contributed by atoms with Gasteiger partial charge in [0, 0.05) is 4.47 Å². The first-order valence-electron chi connectivity index (χ1n) is 7.78. The number of nitrogens with zero attached hydrogens (tertiary/aromatic N) is 3. The van der Waals surface area contributed by atoms with Crippen molar-refractivity contribution in [3.8, 4) is 0 Å². The average molecular weight is 453 g/mol. The van der Waals surface area contributed by atoms with Crippen LogP contribution in [0.3, 0.4) is 0 Å². The Hall–Kier alpha value is -2.59. The molecule has 0 fully saturated rings. The number of nitro groups is 1. The van der Waals surface area contributed by atoms with Crippen LogP contribution in [0.2, 0.25) is 0 Å². The summed E-state index contributed by atoms with van der Waals surface area (Å²) in [5.41, 5.74) is 1.66. The van der Waals surface area contributed by atoms with Crippen LogP contribution in [0.25, 0.3) is 0 Å². The maximum Gasteiger partial charge on any atom is 0.312 e. The van der Waals surface area contributed by atoms with Crippen LogP contribution in [0.5, 0.6) is 0 Å². The molecule has 0 aliphatic rings. The Bertz CT molecular complexity index is 1050. The topological polar surface area (TPSA) is 90.1 Å². The zero-order valence-electron chi connectivity index (χ0n) is 14.3. The molecule has 0 saturated heterocycles. The predicted octanol–water partition coefficient (Wildman–Crippen LogP) is 4.67. The molecule has 140 valence electrons. The number of hydrogen-bond acceptors (Lipinski definition) is 5. The molecule has 1 N–H and O–H groups in total. The van der Waals surface area contributed by atoms with Gasteiger partial charge in [-0.15, -0.1) is 11.3 Å². The van der Waals surface area contributed by atoms with Crippen molar-refractivity contribution >= 4 is 44.5 Å². The normalized spacial score (nSPS) is 10.8. The zero-order chi connectivity index (χ0) is 19.7. The molecule has 3 aromatic rings. The van der Waals surface area contributed by atoms with Gasteiger partial charge in [-0.05, 0) is 49.1 Å². The first-order chi connectivity index (χ1) is 12.8. The third-order valence-corrected chi connectivity index (χ3v) is 5.39. The quantitative estimate of drug-likeness (QED) is 0.449. The monoisotopic (exact) mass is 452 g/mol. The average Bonchev–Trinajstić information content (AvgIpc) is 3.15. The van der Waals surface area contributed by atoms with Gasteiger partial charge in [-0.2, -0.15) is 5.10 Å². The van der Waals surface area contributed by atoms with E-state index in [1.54, 1.807) is 31.4 Å². The molecular formula is C17H14BrFN4O3S. The van der Waals surface area contributed by atoms with Gasteiger partial charge in [0.05, 0.1) is 22.0 Å². The minimum Gasteiger partial charge on any atom is -0.319 e. The maximum atomic E-state index is 13.9. The summed E-state index contributed by atoms with van der Waals surface area (Å²) in [7, 11) is 0. The largest absolute Gasteiger partial charge is 0.319 e. The van der Waals surface area contributed by atoms with Crippen molar-refractivity contribution in [1.29, 1.82) is 0 Å². The number of aryl methyl sites for hydroxylation is 1. The van der Waals surface area contributed by atoms with E-state index in [1.807, 2.05) is 0 Å². The van der Waals surface area contributed by atoms with Crippen molar-refractivity contribution in [1.82, 2.24) is 9.78 Å². The first kappa shape index (κ1) is 19.2. The number of rotatable bonds is 5. The Morgan fingerprint density at radius 2 is 2.15 bits per heavy atom. The Kier molecular flexibility index (Phi) is 5.38. The summed E-state index contributed by atoms with van der Waals surface area (Å²) in [5, 5.41) is 19.6. The molecule has 0 radical (unpaired) electrons. The smallest absolute Gasteiger partial charge is 0.312 e. The van der Waals surface area contributed by atoms with Crippen LogP contribution in [-0.2, 0) is 6.54 Å². The molecule has 1 aromatic carbocycles. The number of thiophene rings is 1. The lowest BCUT2D eigenvalue weighted by molar-refractivity contribution is -0.386. The molecule has 7 nitrogen and oxygen atoms in total. The van der Waals surface area contributed by atoms with Crippen LogP contribution in [0.15, 0.2) is 34.1 Å². The van der Waals surface area contributed by atoms with E-state index < -0.39 is 16.6 Å². The SMILES string of the molecule is Cc1nn(Cc2csc(C(=O)Nc3ccc(Br)cc3F)c2)c(C)c1[N+](=O)[O-]. The Morgan fingerprint density at radius 3 is 2.78 bits per heavy atom. The van der Waals surface area contributed by atoms with Gasteiger partial charge in [-0.1, -0.05) is 15.9 Å². The number of benzene rings is 1. The summed E-state index contributed by atoms with van der Waals surface area (Å²) in [5.74, 6) is -0.962. The van der Waals surface area contributed by atoms with Crippen molar-refractivity contribution in [2.24, 2.45) is 0 Å². The second-order valence-corrected chi connectivity index (χ2v) is 7.66. The minimum absolute atomic E-state index is 0.00564. The third kappa shape index (κ3) is 4.06. The summed E-state index contributed by atoms with van der Waals surface area (Å²) in [6.07, 6.45) is 0. The minimum atomic E-state index is -0.538. The molecular weight excluding hydrogens is 439 g/mol. The highest BCUT2D eigenvalue weighted by Gasteiger charge is 2.22. The van der Waals surface area contributed by atoms with E-state index in [9.17, 15) is 19.3 Å². The Labute approximate surface area is 166 Å². The van der Waals surface area contributed by atoms with Gasteiger partial charge in [-0.25, -0.2) is 4.39 Å². The van der Waals surface area contributed by atoms with Gasteiger partial charge >= 0.3 is 5.69 Å². The van der Waals surface area contributed by atoms with Crippen LogP contribution in [0.1, 0.15) is 26.6 Å². The van der Waals surface area contributed by atoms with Crippen molar-refractivity contribution < 1.29 is 14.1 Å². The summed E-state index contributed by atoms with van der Waals surface area (Å²) < 4.78 is 16.0. The first-order valence-corrected chi connectivity index (χ1v) is 9.45. The molecule has 0 saturated carbocycles. The van der Waals surface area contributed by atoms with E-state index in [4.69, 9.17) is 0 Å². The molecule has 0 spiro atoms.